The Morgan fingerprint density at radius 1 is 0.455 bits per heavy atom. The highest BCUT2D eigenvalue weighted by Crippen LogP contribution is 2.19. The normalized spacial score (nSPS) is 52.6. The number of ether oxygens (including phenoxy) is 2. The second kappa shape index (κ2) is 7.93. The minimum atomic E-state index is -1.43. The van der Waals surface area contributed by atoms with E-state index >= 15 is 0 Å². The Balaban J connectivity index is 0.000000220. The molecule has 0 saturated carbocycles. The van der Waals surface area contributed by atoms with Gasteiger partial charge in [-0.3, -0.25) is 0 Å². The van der Waals surface area contributed by atoms with Gasteiger partial charge in [-0.1, -0.05) is 0 Å². The Labute approximate surface area is 126 Å². The summed E-state index contributed by atoms with van der Waals surface area (Å²) in [7, 11) is 0. The maximum Gasteiger partial charge on any atom is 0.183 e. The van der Waals surface area contributed by atoms with E-state index in [-0.39, 0.29) is 0 Å². The molecule has 0 aromatic rings. The van der Waals surface area contributed by atoms with Gasteiger partial charge in [0.05, 0.1) is 12.2 Å². The lowest BCUT2D eigenvalue weighted by Gasteiger charge is -2.36. The molecule has 2 rings (SSSR count). The van der Waals surface area contributed by atoms with Crippen LogP contribution < -0.4 is 0 Å². The lowest BCUT2D eigenvalue weighted by atomic mass is 10.0. The van der Waals surface area contributed by atoms with Crippen LogP contribution in [0.15, 0.2) is 0 Å². The van der Waals surface area contributed by atoms with Crippen molar-refractivity contribution in [1.29, 1.82) is 0 Å². The third-order valence-electron chi connectivity index (χ3n) is 3.65. The fourth-order valence-electron chi connectivity index (χ4n) is 2.06. The van der Waals surface area contributed by atoms with Crippen molar-refractivity contribution in [3.8, 4) is 0 Å². The molecule has 0 aromatic carbocycles. The Morgan fingerprint density at radius 2 is 0.727 bits per heavy atom. The van der Waals surface area contributed by atoms with E-state index in [1.807, 2.05) is 0 Å². The van der Waals surface area contributed by atoms with Crippen LogP contribution in [0.3, 0.4) is 0 Å². The first-order chi connectivity index (χ1) is 10.1. The second-order valence-electron chi connectivity index (χ2n) is 5.41. The fourth-order valence-corrected chi connectivity index (χ4v) is 2.06. The van der Waals surface area contributed by atoms with Gasteiger partial charge >= 0.3 is 0 Å². The van der Waals surface area contributed by atoms with Crippen molar-refractivity contribution in [2.75, 3.05) is 0 Å². The van der Waals surface area contributed by atoms with E-state index < -0.39 is 61.4 Å². The van der Waals surface area contributed by atoms with Gasteiger partial charge in [0.25, 0.3) is 0 Å². The first kappa shape index (κ1) is 19.6. The molecule has 10 nitrogen and oxygen atoms in total. The average Bonchev–Trinajstić information content (AvgIpc) is 2.47. The SMILES string of the molecule is CC1OC(O)C(O)C(O)C1O.C[C@@H]1OC(O)[C@H](O)[C@H](O)[C@H]1O. The predicted molar refractivity (Wildman–Crippen MR) is 69.1 cm³/mol. The molecule has 132 valence electrons. The van der Waals surface area contributed by atoms with Gasteiger partial charge in [0, 0.05) is 0 Å². The van der Waals surface area contributed by atoms with Gasteiger partial charge < -0.3 is 50.3 Å². The summed E-state index contributed by atoms with van der Waals surface area (Å²) in [5, 5.41) is 72.0. The third-order valence-corrected chi connectivity index (χ3v) is 3.65. The average molecular weight is 328 g/mol. The molecule has 8 N–H and O–H groups in total. The highest BCUT2D eigenvalue weighted by molar-refractivity contribution is 4.86. The minimum Gasteiger partial charge on any atom is -0.388 e. The highest BCUT2D eigenvalue weighted by atomic mass is 16.6. The molecule has 6 unspecified atom stereocenters. The molecule has 2 aliphatic rings. The van der Waals surface area contributed by atoms with Crippen molar-refractivity contribution in [1.82, 2.24) is 0 Å². The molecule has 0 bridgehead atoms. The zero-order valence-corrected chi connectivity index (χ0v) is 12.2. The second-order valence-corrected chi connectivity index (χ2v) is 5.41. The van der Waals surface area contributed by atoms with Crippen LogP contribution in [0, 0.1) is 0 Å². The lowest BCUT2D eigenvalue weighted by molar-refractivity contribution is -0.277. The maximum absolute atomic E-state index is 9.09. The Hall–Kier alpha value is -0.400. The Kier molecular flexibility index (Phi) is 7.08. The summed E-state index contributed by atoms with van der Waals surface area (Å²) in [5.41, 5.74) is 0. The van der Waals surface area contributed by atoms with Crippen molar-refractivity contribution in [3.63, 3.8) is 0 Å². The van der Waals surface area contributed by atoms with Gasteiger partial charge in [-0.25, -0.2) is 0 Å². The zero-order chi connectivity index (χ0) is 17.2. The summed E-state index contributed by atoms with van der Waals surface area (Å²) in [6.07, 6.45) is -12.0. The monoisotopic (exact) mass is 328 g/mol. The van der Waals surface area contributed by atoms with Crippen LogP contribution in [0.25, 0.3) is 0 Å². The molecule has 2 fully saturated rings. The Bertz CT molecular complexity index is 282. The van der Waals surface area contributed by atoms with Gasteiger partial charge in [0.15, 0.2) is 12.6 Å². The zero-order valence-electron chi connectivity index (χ0n) is 12.2. The summed E-state index contributed by atoms with van der Waals surface area (Å²) in [6, 6.07) is 0. The van der Waals surface area contributed by atoms with Crippen LogP contribution >= 0.6 is 0 Å². The Morgan fingerprint density at radius 3 is 1.00 bits per heavy atom. The third kappa shape index (κ3) is 4.32. The van der Waals surface area contributed by atoms with Crippen molar-refractivity contribution in [3.05, 3.63) is 0 Å². The summed E-state index contributed by atoms with van der Waals surface area (Å²) in [5.74, 6) is 0. The number of hydrogen-bond donors (Lipinski definition) is 8. The molecule has 0 aromatic heterocycles. The fraction of sp³-hybridized carbons (Fsp3) is 1.00. The van der Waals surface area contributed by atoms with Gasteiger partial charge in [-0.2, -0.15) is 0 Å². The minimum absolute atomic E-state index is 0.664. The van der Waals surface area contributed by atoms with Gasteiger partial charge in [0.2, 0.25) is 0 Å². The van der Waals surface area contributed by atoms with Crippen LogP contribution in [0.1, 0.15) is 13.8 Å². The van der Waals surface area contributed by atoms with Crippen molar-refractivity contribution < 1.29 is 50.3 Å². The molecule has 22 heavy (non-hydrogen) atoms. The van der Waals surface area contributed by atoms with Gasteiger partial charge in [-0.05, 0) is 13.8 Å². The summed E-state index contributed by atoms with van der Waals surface area (Å²) < 4.78 is 9.35. The number of aliphatic hydroxyl groups is 8. The molecule has 10 atom stereocenters. The van der Waals surface area contributed by atoms with Gasteiger partial charge in [0.1, 0.15) is 36.6 Å². The largest absolute Gasteiger partial charge is 0.388 e. The molecule has 0 aliphatic carbocycles. The maximum atomic E-state index is 9.09. The van der Waals surface area contributed by atoms with Crippen LogP contribution in [0.5, 0.6) is 0 Å². The first-order valence-electron chi connectivity index (χ1n) is 6.83. The molecular formula is C12H24O10. The van der Waals surface area contributed by atoms with Crippen LogP contribution in [0.4, 0.5) is 0 Å². The van der Waals surface area contributed by atoms with Crippen LogP contribution in [-0.4, -0.2) is 102 Å². The highest BCUT2D eigenvalue weighted by Gasteiger charge is 2.41. The van der Waals surface area contributed by atoms with Crippen LogP contribution in [-0.2, 0) is 9.47 Å². The molecule has 2 heterocycles. The summed E-state index contributed by atoms with van der Waals surface area (Å²) in [6.45, 7) is 3.01. The number of rotatable bonds is 0. The van der Waals surface area contributed by atoms with Gasteiger partial charge in [-0.15, -0.1) is 0 Å². The molecule has 2 saturated heterocycles. The van der Waals surface area contributed by atoms with E-state index in [1.165, 1.54) is 13.8 Å². The summed E-state index contributed by atoms with van der Waals surface area (Å²) in [4.78, 5) is 0. The summed E-state index contributed by atoms with van der Waals surface area (Å²) >= 11 is 0. The smallest absolute Gasteiger partial charge is 0.183 e. The van der Waals surface area contributed by atoms with E-state index in [2.05, 4.69) is 9.47 Å². The standard InChI is InChI=1S/2C6H12O5/c2*1-2-3(7)4(8)5(9)6(10)11-2/h2*2-10H,1H3/t2-,3-,4+,5+,6?;/m0./s1. The quantitative estimate of drug-likeness (QED) is 0.216. The first-order valence-corrected chi connectivity index (χ1v) is 6.83. The predicted octanol–water partition coefficient (Wildman–Crippen LogP) is -4.39. The topological polar surface area (TPSA) is 180 Å². The van der Waals surface area contributed by atoms with Crippen molar-refractivity contribution in [2.24, 2.45) is 0 Å². The van der Waals surface area contributed by atoms with Crippen molar-refractivity contribution in [2.45, 2.75) is 75.3 Å². The number of aliphatic hydroxyl groups excluding tert-OH is 8. The molecule has 0 spiro atoms. The van der Waals surface area contributed by atoms with E-state index in [0.717, 1.165) is 0 Å². The molecule has 10 heteroatoms. The van der Waals surface area contributed by atoms with Crippen molar-refractivity contribution >= 4 is 0 Å². The van der Waals surface area contributed by atoms with E-state index in [1.54, 1.807) is 0 Å². The van der Waals surface area contributed by atoms with E-state index in [4.69, 9.17) is 40.9 Å². The molecular weight excluding hydrogens is 304 g/mol. The lowest BCUT2D eigenvalue weighted by Crippen LogP contribution is -2.56. The van der Waals surface area contributed by atoms with E-state index in [0.29, 0.717) is 0 Å². The molecule has 0 amide bonds. The van der Waals surface area contributed by atoms with Crippen LogP contribution in [0.2, 0.25) is 0 Å². The molecule has 2 aliphatic heterocycles. The molecule has 0 radical (unpaired) electrons. The van der Waals surface area contributed by atoms with E-state index in [9.17, 15) is 0 Å². The number of hydrogen-bond acceptors (Lipinski definition) is 10.